The van der Waals surface area contributed by atoms with Crippen molar-refractivity contribution in [2.24, 2.45) is 0 Å². The Hall–Kier alpha value is -2.21. The second-order valence-electron chi connectivity index (χ2n) is 4.05. The highest BCUT2D eigenvalue weighted by Crippen LogP contribution is 2.24. The average molecular weight is 318 g/mol. The molecule has 0 aliphatic rings. The molecule has 6 heteroatoms. The van der Waals surface area contributed by atoms with Gasteiger partial charge in [-0.2, -0.15) is 0 Å². The smallest absolute Gasteiger partial charge is 0.271 e. The van der Waals surface area contributed by atoms with Gasteiger partial charge in [0.05, 0.1) is 16.0 Å². The maximum absolute atomic E-state index is 10.7. The van der Waals surface area contributed by atoms with Crippen molar-refractivity contribution in [1.82, 2.24) is 9.97 Å². The van der Waals surface area contributed by atoms with Gasteiger partial charge in [-0.1, -0.05) is 28.1 Å². The molecule has 0 atom stereocenters. The van der Waals surface area contributed by atoms with E-state index in [2.05, 4.69) is 25.9 Å². The Morgan fingerprint density at radius 2 is 1.89 bits per heavy atom. The molecule has 0 aliphatic heterocycles. The van der Waals surface area contributed by atoms with Crippen LogP contribution >= 0.6 is 15.9 Å². The molecular formula is C13H8BrN3O2. The number of halogens is 1. The zero-order chi connectivity index (χ0) is 13.4. The van der Waals surface area contributed by atoms with Crippen LogP contribution in [0.25, 0.3) is 22.4 Å². The number of non-ortho nitro benzene ring substituents is 1. The molecule has 1 heterocycles. The maximum atomic E-state index is 10.7. The lowest BCUT2D eigenvalue weighted by molar-refractivity contribution is -0.384. The van der Waals surface area contributed by atoms with Crippen molar-refractivity contribution in [3.8, 4) is 11.4 Å². The van der Waals surface area contributed by atoms with Crippen LogP contribution in [0.5, 0.6) is 0 Å². The van der Waals surface area contributed by atoms with Gasteiger partial charge in [0.25, 0.3) is 5.69 Å². The zero-order valence-corrected chi connectivity index (χ0v) is 11.2. The van der Waals surface area contributed by atoms with Gasteiger partial charge in [-0.05, 0) is 18.2 Å². The first-order valence-electron chi connectivity index (χ1n) is 5.53. The summed E-state index contributed by atoms with van der Waals surface area (Å²) in [6.45, 7) is 0. The number of hydrogen-bond acceptors (Lipinski definition) is 3. The quantitative estimate of drug-likeness (QED) is 0.575. The van der Waals surface area contributed by atoms with E-state index in [1.807, 2.05) is 24.3 Å². The van der Waals surface area contributed by atoms with Gasteiger partial charge in [0.2, 0.25) is 0 Å². The highest BCUT2D eigenvalue weighted by Gasteiger charge is 2.10. The number of hydrogen-bond donors (Lipinski definition) is 1. The summed E-state index contributed by atoms with van der Waals surface area (Å²) in [5.74, 6) is 0.697. The molecule has 1 aromatic heterocycles. The van der Waals surface area contributed by atoms with Crippen LogP contribution in [0, 0.1) is 10.1 Å². The third-order valence-corrected chi connectivity index (χ3v) is 3.32. The molecule has 0 unspecified atom stereocenters. The molecule has 1 N–H and O–H groups in total. The molecule has 94 valence electrons. The van der Waals surface area contributed by atoms with Crippen LogP contribution in [0.4, 0.5) is 5.69 Å². The predicted molar refractivity (Wildman–Crippen MR) is 75.9 cm³/mol. The molecule has 0 saturated carbocycles. The van der Waals surface area contributed by atoms with E-state index in [0.29, 0.717) is 11.3 Å². The molecular weight excluding hydrogens is 310 g/mol. The molecule has 19 heavy (non-hydrogen) atoms. The minimum Gasteiger partial charge on any atom is -0.338 e. The Morgan fingerprint density at radius 3 is 2.58 bits per heavy atom. The van der Waals surface area contributed by atoms with Gasteiger partial charge in [-0.25, -0.2) is 4.98 Å². The van der Waals surface area contributed by atoms with Gasteiger partial charge in [-0.15, -0.1) is 0 Å². The summed E-state index contributed by atoms with van der Waals surface area (Å²) in [5.41, 5.74) is 2.35. The lowest BCUT2D eigenvalue weighted by Gasteiger charge is -1.95. The van der Waals surface area contributed by atoms with Crippen molar-refractivity contribution < 1.29 is 4.92 Å². The molecule has 5 nitrogen and oxygen atoms in total. The van der Waals surface area contributed by atoms with Gasteiger partial charge in [-0.3, -0.25) is 10.1 Å². The van der Waals surface area contributed by atoms with Gasteiger partial charge >= 0.3 is 0 Å². The lowest BCUT2D eigenvalue weighted by atomic mass is 10.2. The summed E-state index contributed by atoms with van der Waals surface area (Å²) >= 11 is 3.37. The number of nitrogens with one attached hydrogen (secondary N) is 1. The first-order chi connectivity index (χ1) is 9.13. The number of nitro groups is 1. The molecule has 2 aromatic carbocycles. The second-order valence-corrected chi connectivity index (χ2v) is 4.97. The van der Waals surface area contributed by atoms with E-state index in [0.717, 1.165) is 15.6 Å². The Bertz CT molecular complexity index is 765. The van der Waals surface area contributed by atoms with Gasteiger partial charge in [0, 0.05) is 22.2 Å². The van der Waals surface area contributed by atoms with Crippen LogP contribution in [-0.4, -0.2) is 14.9 Å². The molecule has 0 amide bonds. The fourth-order valence-corrected chi connectivity index (χ4v) is 2.12. The minimum absolute atomic E-state index is 0.0429. The molecule has 0 saturated heterocycles. The number of imidazole rings is 1. The molecule has 0 radical (unpaired) electrons. The number of nitro benzene ring substituents is 1. The highest BCUT2D eigenvalue weighted by atomic mass is 79.9. The Labute approximate surface area is 116 Å². The van der Waals surface area contributed by atoms with E-state index in [1.54, 1.807) is 6.07 Å². The molecule has 0 fully saturated rings. The predicted octanol–water partition coefficient (Wildman–Crippen LogP) is 3.90. The Balaban J connectivity index is 2.11. The third kappa shape index (κ3) is 2.22. The van der Waals surface area contributed by atoms with Crippen LogP contribution < -0.4 is 0 Å². The summed E-state index contributed by atoms with van der Waals surface area (Å²) in [5, 5.41) is 10.7. The third-order valence-electron chi connectivity index (χ3n) is 2.80. The minimum atomic E-state index is -0.423. The van der Waals surface area contributed by atoms with E-state index in [-0.39, 0.29) is 5.69 Å². The standard InChI is InChI=1S/C13H8BrN3O2/c14-9-3-1-8(2-4-9)13-15-11-6-5-10(17(18)19)7-12(11)16-13/h1-7H,(H,15,16). The summed E-state index contributed by atoms with van der Waals surface area (Å²) in [7, 11) is 0. The Kier molecular flexibility index (Phi) is 2.79. The van der Waals surface area contributed by atoms with E-state index < -0.39 is 4.92 Å². The first-order valence-corrected chi connectivity index (χ1v) is 6.33. The van der Waals surface area contributed by atoms with Crippen molar-refractivity contribution in [2.45, 2.75) is 0 Å². The lowest BCUT2D eigenvalue weighted by Crippen LogP contribution is -1.86. The van der Waals surface area contributed by atoms with Crippen LogP contribution in [-0.2, 0) is 0 Å². The summed E-state index contributed by atoms with van der Waals surface area (Å²) in [4.78, 5) is 17.8. The largest absolute Gasteiger partial charge is 0.338 e. The van der Waals surface area contributed by atoms with Crippen molar-refractivity contribution in [1.29, 1.82) is 0 Å². The number of benzene rings is 2. The van der Waals surface area contributed by atoms with Crippen LogP contribution in [0.15, 0.2) is 46.9 Å². The number of rotatable bonds is 2. The summed E-state index contributed by atoms with van der Waals surface area (Å²) in [6, 6.07) is 12.3. The average Bonchev–Trinajstić information content (AvgIpc) is 2.82. The fraction of sp³-hybridized carbons (Fsp3) is 0. The number of aromatic amines is 1. The van der Waals surface area contributed by atoms with Crippen molar-refractivity contribution in [3.05, 3.63) is 57.1 Å². The van der Waals surface area contributed by atoms with Crippen molar-refractivity contribution in [2.75, 3.05) is 0 Å². The fourth-order valence-electron chi connectivity index (χ4n) is 1.85. The summed E-state index contributed by atoms with van der Waals surface area (Å²) < 4.78 is 0.989. The Morgan fingerprint density at radius 1 is 1.16 bits per heavy atom. The normalized spacial score (nSPS) is 10.8. The number of H-pyrrole nitrogens is 1. The van der Waals surface area contributed by atoms with E-state index in [4.69, 9.17) is 0 Å². The van der Waals surface area contributed by atoms with E-state index in [1.165, 1.54) is 12.1 Å². The van der Waals surface area contributed by atoms with Gasteiger partial charge < -0.3 is 4.98 Å². The molecule has 0 bridgehead atoms. The molecule has 0 aliphatic carbocycles. The van der Waals surface area contributed by atoms with Crippen LogP contribution in [0.2, 0.25) is 0 Å². The molecule has 3 aromatic rings. The monoisotopic (exact) mass is 317 g/mol. The zero-order valence-electron chi connectivity index (χ0n) is 9.63. The number of nitrogens with zero attached hydrogens (tertiary/aromatic N) is 2. The van der Waals surface area contributed by atoms with Gasteiger partial charge in [0.15, 0.2) is 0 Å². The SMILES string of the molecule is O=[N+]([O-])c1ccc2[nH]c(-c3ccc(Br)cc3)nc2c1. The summed E-state index contributed by atoms with van der Waals surface area (Å²) in [6.07, 6.45) is 0. The highest BCUT2D eigenvalue weighted by molar-refractivity contribution is 9.10. The van der Waals surface area contributed by atoms with Crippen LogP contribution in [0.1, 0.15) is 0 Å². The number of fused-ring (bicyclic) bond motifs is 1. The van der Waals surface area contributed by atoms with Crippen molar-refractivity contribution >= 4 is 32.7 Å². The maximum Gasteiger partial charge on any atom is 0.271 e. The molecule has 3 rings (SSSR count). The second kappa shape index (κ2) is 4.47. The van der Waals surface area contributed by atoms with E-state index in [9.17, 15) is 10.1 Å². The van der Waals surface area contributed by atoms with Crippen LogP contribution in [0.3, 0.4) is 0 Å². The molecule has 0 spiro atoms. The van der Waals surface area contributed by atoms with Gasteiger partial charge in [0.1, 0.15) is 5.82 Å². The van der Waals surface area contributed by atoms with E-state index >= 15 is 0 Å². The topological polar surface area (TPSA) is 71.8 Å². The first kappa shape index (κ1) is 11.9. The number of aromatic nitrogens is 2. The van der Waals surface area contributed by atoms with Crippen molar-refractivity contribution in [3.63, 3.8) is 0 Å².